The molecule has 0 fully saturated rings. The van der Waals surface area contributed by atoms with Crippen LogP contribution in [0.5, 0.6) is 5.75 Å². The monoisotopic (exact) mass is 413 g/mol. The van der Waals surface area contributed by atoms with Gasteiger partial charge in [-0.1, -0.05) is 30.3 Å². The van der Waals surface area contributed by atoms with Crippen molar-refractivity contribution in [1.29, 1.82) is 0 Å². The van der Waals surface area contributed by atoms with E-state index in [1.807, 2.05) is 49.5 Å². The number of ether oxygens (including phenoxy) is 2. The molecule has 2 aromatic carbocycles. The molecule has 2 aromatic rings. The molecule has 0 aliphatic rings. The number of halogens is 2. The van der Waals surface area contributed by atoms with Crippen molar-refractivity contribution < 1.29 is 9.47 Å². The normalized spacial score (nSPS) is 10.6. The Balaban J connectivity index is 1.88. The first-order valence-electron chi connectivity index (χ1n) is 6.57. The molecule has 0 aromatic heterocycles. The second-order valence-corrected chi connectivity index (χ2v) is 6.22. The van der Waals surface area contributed by atoms with Crippen molar-refractivity contribution in [2.45, 2.75) is 13.2 Å². The topological polar surface area (TPSA) is 30.5 Å². The summed E-state index contributed by atoms with van der Waals surface area (Å²) in [5, 5.41) is 3.12. The number of rotatable bonds is 7. The van der Waals surface area contributed by atoms with Crippen LogP contribution in [0.2, 0.25) is 0 Å². The first kappa shape index (κ1) is 16.5. The average Bonchev–Trinajstić information content (AvgIpc) is 2.47. The molecule has 0 bridgehead atoms. The molecule has 0 amide bonds. The summed E-state index contributed by atoms with van der Waals surface area (Å²) in [6, 6.07) is 14.1. The van der Waals surface area contributed by atoms with Gasteiger partial charge < -0.3 is 14.8 Å². The van der Waals surface area contributed by atoms with E-state index in [-0.39, 0.29) is 6.79 Å². The fourth-order valence-electron chi connectivity index (χ4n) is 1.89. The van der Waals surface area contributed by atoms with Gasteiger partial charge in [0.1, 0.15) is 0 Å². The minimum Gasteiger partial charge on any atom is -0.465 e. The van der Waals surface area contributed by atoms with Crippen molar-refractivity contribution >= 4 is 31.9 Å². The molecule has 0 saturated heterocycles. The fraction of sp³-hybridized carbons (Fsp3) is 0.250. The first-order chi connectivity index (χ1) is 10.2. The first-order valence-corrected chi connectivity index (χ1v) is 8.16. The third-order valence-corrected chi connectivity index (χ3v) is 4.02. The molecule has 1 N–H and O–H groups in total. The minimum absolute atomic E-state index is 0.206. The van der Waals surface area contributed by atoms with E-state index >= 15 is 0 Å². The molecule has 5 heteroatoms. The highest BCUT2D eigenvalue weighted by Gasteiger charge is 2.09. The van der Waals surface area contributed by atoms with Crippen LogP contribution in [0, 0.1) is 0 Å². The third-order valence-electron chi connectivity index (χ3n) is 2.84. The number of nitrogens with one attached hydrogen (secondary N) is 1. The third kappa shape index (κ3) is 5.11. The molecular formula is C16H17Br2NO2. The summed E-state index contributed by atoms with van der Waals surface area (Å²) in [4.78, 5) is 0. The molecule has 0 aliphatic carbocycles. The lowest BCUT2D eigenvalue weighted by molar-refractivity contribution is 0.00420. The lowest BCUT2D eigenvalue weighted by Crippen LogP contribution is -2.07. The van der Waals surface area contributed by atoms with Crippen LogP contribution in [0.15, 0.2) is 51.4 Å². The van der Waals surface area contributed by atoms with E-state index in [9.17, 15) is 0 Å². The van der Waals surface area contributed by atoms with Crippen molar-refractivity contribution in [3.63, 3.8) is 0 Å². The second-order valence-electron chi connectivity index (χ2n) is 4.52. The Morgan fingerprint density at radius 3 is 2.29 bits per heavy atom. The van der Waals surface area contributed by atoms with Crippen LogP contribution < -0.4 is 10.1 Å². The Bertz CT molecular complexity index is 553. The summed E-state index contributed by atoms with van der Waals surface area (Å²) in [5.74, 6) is 0.753. The predicted octanol–water partition coefficient (Wildman–Crippen LogP) is 4.48. The van der Waals surface area contributed by atoms with Gasteiger partial charge in [0, 0.05) is 6.54 Å². The van der Waals surface area contributed by atoms with E-state index in [1.165, 1.54) is 5.56 Å². The van der Waals surface area contributed by atoms with Gasteiger partial charge in [0.15, 0.2) is 12.5 Å². The van der Waals surface area contributed by atoms with Gasteiger partial charge in [-0.05, 0) is 62.2 Å². The van der Waals surface area contributed by atoms with E-state index < -0.39 is 0 Å². The van der Waals surface area contributed by atoms with Crippen LogP contribution in [0.25, 0.3) is 0 Å². The fourth-order valence-corrected chi connectivity index (χ4v) is 3.40. The average molecular weight is 415 g/mol. The maximum atomic E-state index is 5.69. The molecule has 0 radical (unpaired) electrons. The molecule has 0 spiro atoms. The maximum Gasteiger partial charge on any atom is 0.189 e. The summed E-state index contributed by atoms with van der Waals surface area (Å²) >= 11 is 7.05. The number of hydrogen-bond donors (Lipinski definition) is 1. The van der Waals surface area contributed by atoms with Gasteiger partial charge in [0.2, 0.25) is 0 Å². The quantitative estimate of drug-likeness (QED) is 0.535. The van der Waals surface area contributed by atoms with Crippen molar-refractivity contribution in [2.75, 3.05) is 13.8 Å². The van der Waals surface area contributed by atoms with Gasteiger partial charge >= 0.3 is 0 Å². The molecule has 0 unspecified atom stereocenters. The lowest BCUT2D eigenvalue weighted by Gasteiger charge is -2.12. The van der Waals surface area contributed by atoms with Crippen LogP contribution in [-0.2, 0) is 17.9 Å². The van der Waals surface area contributed by atoms with Crippen LogP contribution in [0.1, 0.15) is 11.1 Å². The number of benzene rings is 2. The van der Waals surface area contributed by atoms with Crippen LogP contribution >= 0.6 is 31.9 Å². The van der Waals surface area contributed by atoms with Gasteiger partial charge in [0.25, 0.3) is 0 Å². The van der Waals surface area contributed by atoms with E-state index in [0.29, 0.717) is 6.61 Å². The summed E-state index contributed by atoms with van der Waals surface area (Å²) < 4.78 is 13.0. The smallest absolute Gasteiger partial charge is 0.189 e. The molecule has 0 aliphatic heterocycles. The molecule has 3 nitrogen and oxygen atoms in total. The van der Waals surface area contributed by atoms with Crippen molar-refractivity contribution in [2.24, 2.45) is 0 Å². The predicted molar refractivity (Wildman–Crippen MR) is 91.3 cm³/mol. The Morgan fingerprint density at radius 2 is 1.67 bits per heavy atom. The molecule has 2 rings (SSSR count). The highest BCUT2D eigenvalue weighted by Crippen LogP contribution is 2.34. The minimum atomic E-state index is 0.206. The van der Waals surface area contributed by atoms with Crippen molar-refractivity contribution in [3.05, 3.63) is 62.5 Å². The van der Waals surface area contributed by atoms with Crippen molar-refractivity contribution in [1.82, 2.24) is 5.32 Å². The van der Waals surface area contributed by atoms with Gasteiger partial charge in [-0.3, -0.25) is 0 Å². The highest BCUT2D eigenvalue weighted by atomic mass is 79.9. The van der Waals surface area contributed by atoms with E-state index in [0.717, 1.165) is 26.8 Å². The standard InChI is InChI=1S/C16H17Br2NO2/c1-19-9-13-7-14(17)16(15(18)8-13)21-11-20-10-12-5-3-2-4-6-12/h2-8,19H,9-11H2,1H3. The Hall–Kier alpha value is -0.880. The molecule has 0 heterocycles. The summed E-state index contributed by atoms with van der Waals surface area (Å²) in [5.41, 5.74) is 2.30. The van der Waals surface area contributed by atoms with E-state index in [2.05, 4.69) is 37.2 Å². The zero-order chi connectivity index (χ0) is 15.1. The highest BCUT2D eigenvalue weighted by molar-refractivity contribution is 9.11. The van der Waals surface area contributed by atoms with Gasteiger partial charge in [-0.2, -0.15) is 0 Å². The Kier molecular flexibility index (Phi) is 6.70. The Morgan fingerprint density at radius 1 is 1.00 bits per heavy atom. The molecule has 0 atom stereocenters. The molecule has 112 valence electrons. The van der Waals surface area contributed by atoms with Crippen LogP contribution in [-0.4, -0.2) is 13.8 Å². The molecule has 0 saturated carbocycles. The van der Waals surface area contributed by atoms with E-state index in [4.69, 9.17) is 9.47 Å². The lowest BCUT2D eigenvalue weighted by atomic mass is 10.2. The van der Waals surface area contributed by atoms with Gasteiger partial charge in [-0.25, -0.2) is 0 Å². The van der Waals surface area contributed by atoms with Crippen LogP contribution in [0.4, 0.5) is 0 Å². The summed E-state index contributed by atoms with van der Waals surface area (Å²) in [6.07, 6.45) is 0. The molecular weight excluding hydrogens is 398 g/mol. The van der Waals surface area contributed by atoms with Gasteiger partial charge in [0.05, 0.1) is 15.6 Å². The maximum absolute atomic E-state index is 5.69. The Labute approximate surface area is 141 Å². The SMILES string of the molecule is CNCc1cc(Br)c(OCOCc2ccccc2)c(Br)c1. The zero-order valence-electron chi connectivity index (χ0n) is 11.7. The molecule has 21 heavy (non-hydrogen) atoms. The second kappa shape index (κ2) is 8.54. The van der Waals surface area contributed by atoms with Crippen LogP contribution in [0.3, 0.4) is 0 Å². The van der Waals surface area contributed by atoms with Crippen molar-refractivity contribution in [3.8, 4) is 5.75 Å². The summed E-state index contributed by atoms with van der Waals surface area (Å²) in [7, 11) is 1.92. The van der Waals surface area contributed by atoms with E-state index in [1.54, 1.807) is 0 Å². The summed E-state index contributed by atoms with van der Waals surface area (Å²) in [6.45, 7) is 1.55. The van der Waals surface area contributed by atoms with Gasteiger partial charge in [-0.15, -0.1) is 0 Å². The largest absolute Gasteiger partial charge is 0.465 e. The number of hydrogen-bond acceptors (Lipinski definition) is 3. The zero-order valence-corrected chi connectivity index (χ0v) is 14.9.